The molecule has 0 aromatic rings. The van der Waals surface area contributed by atoms with Gasteiger partial charge in [-0.25, -0.2) is 0 Å². The third kappa shape index (κ3) is 7770. The van der Waals surface area contributed by atoms with Crippen molar-refractivity contribution in [2.24, 2.45) is 0 Å². The number of hydrogen-bond acceptors (Lipinski definition) is 4. The smallest absolute Gasteiger partial charge is 0.282 e. The van der Waals surface area contributed by atoms with Gasteiger partial charge in [-0.15, -0.1) is 0 Å². The molecule has 0 aromatic carbocycles. The van der Waals surface area contributed by atoms with Crippen molar-refractivity contribution < 1.29 is 33.1 Å². The van der Waals surface area contributed by atoms with E-state index in [1.165, 1.54) is 0 Å². The second kappa shape index (κ2) is 526. The fraction of sp³-hybridized carbons (Fsp3) is 0. The molecule has 0 spiro atoms. The Hall–Kier alpha value is 0.302. The Morgan fingerprint density at radius 1 is 0.636 bits per heavy atom. The summed E-state index contributed by atoms with van der Waals surface area (Å²) in [5, 5.41) is 0. The molecule has 0 rings (SSSR count). The van der Waals surface area contributed by atoms with Crippen LogP contribution in [0.5, 0.6) is 0 Å². The van der Waals surface area contributed by atoms with Crippen molar-refractivity contribution >= 4 is 54.0 Å². The van der Waals surface area contributed by atoms with Crippen molar-refractivity contribution in [3.05, 3.63) is 0 Å². The topological polar surface area (TPSA) is 68.3 Å². The summed E-state index contributed by atoms with van der Waals surface area (Å²) in [5.41, 5.74) is 0. The van der Waals surface area contributed by atoms with Gasteiger partial charge in [0.1, 0.15) is 0 Å². The maximum absolute atomic E-state index is 7.75. The first-order chi connectivity index (χ1) is 5.41. The molecule has 0 N–H and O–H groups in total. The summed E-state index contributed by atoms with van der Waals surface area (Å²) in [6.07, 6.45) is 0. The first kappa shape index (κ1) is 30.2. The van der Waals surface area contributed by atoms with Crippen molar-refractivity contribution in [1.82, 2.24) is 0 Å². The zero-order valence-electron chi connectivity index (χ0n) is 5.08. The van der Waals surface area contributed by atoms with Gasteiger partial charge in [-0.3, -0.25) is 27.2 Å². The van der Waals surface area contributed by atoms with Crippen LogP contribution in [0.2, 0.25) is 0 Å². The average Bonchev–Trinajstić information content (AvgIpc) is 2.18. The fourth-order valence-electron chi connectivity index (χ4n) is 0. The van der Waals surface area contributed by atoms with Crippen LogP contribution in [0.3, 0.4) is 0 Å². The van der Waals surface area contributed by atoms with Crippen molar-refractivity contribution in [2.75, 3.05) is 0 Å². The molecule has 0 saturated heterocycles. The zero-order valence-corrected chi connectivity index (χ0v) is 11.0. The van der Waals surface area contributed by atoms with Crippen LogP contribution in [0.1, 0.15) is 0 Å². The van der Waals surface area contributed by atoms with Crippen LogP contribution in [0.25, 0.3) is 0 Å². The van der Waals surface area contributed by atoms with E-state index in [9.17, 15) is 0 Å². The summed E-state index contributed by atoms with van der Waals surface area (Å²) in [5.74, 6) is 0. The fourth-order valence-corrected chi connectivity index (χ4v) is 0. The molecule has 4 nitrogen and oxygen atoms in total. The zero-order chi connectivity index (χ0) is 10.7. The van der Waals surface area contributed by atoms with E-state index < -0.39 is 0 Å². The Balaban J connectivity index is -0.0000000139. The van der Waals surface area contributed by atoms with E-state index in [-0.39, 0.29) is 13.9 Å². The largest absolute Gasteiger partial charge is 0.545 e. The summed E-state index contributed by atoms with van der Waals surface area (Å²) in [4.78, 5) is 31.0. The minimum Gasteiger partial charge on any atom is -0.545 e. The van der Waals surface area contributed by atoms with Gasteiger partial charge >= 0.3 is 40.8 Å². The van der Waals surface area contributed by atoms with Crippen LogP contribution in [-0.4, -0.2) is 27.2 Å². The van der Waals surface area contributed by atoms with Gasteiger partial charge in [0.2, 0.25) is 0 Å². The third-order valence-electron chi connectivity index (χ3n) is 0. The van der Waals surface area contributed by atoms with Crippen LogP contribution >= 0.6 is 26.9 Å². The molecule has 69 valence electrons. The second-order valence-electron chi connectivity index (χ2n) is 0.0540. The number of carbonyl (C=O) groups excluding carboxylic acids is 4. The summed E-state index contributed by atoms with van der Waals surface area (Å²) < 4.78 is 0. The first-order valence-electron chi connectivity index (χ1n) is 1.23. The van der Waals surface area contributed by atoms with Gasteiger partial charge in [-0.1, -0.05) is 0 Å². The SMILES string of the molecule is [Br][Re][Br].[CH-]=O.[CH-]=O.[CH-]=O.[CH-]=O. The van der Waals surface area contributed by atoms with Crippen molar-refractivity contribution in [1.29, 1.82) is 0 Å². The molecule has 0 saturated carbocycles. The molecule has 0 radical (unpaired) electrons. The van der Waals surface area contributed by atoms with Crippen LogP contribution < -0.4 is 0 Å². The average molecular weight is 462 g/mol. The molecule has 0 heterocycles. The molecule has 0 aliphatic carbocycles. The minimum atomic E-state index is -0.0417. The number of hydrogen-bond donors (Lipinski definition) is 0. The van der Waals surface area contributed by atoms with E-state index in [1.807, 2.05) is 0 Å². The molecule has 0 atom stereocenters. The minimum absolute atomic E-state index is 0.0417. The van der Waals surface area contributed by atoms with E-state index in [0.29, 0.717) is 0 Å². The van der Waals surface area contributed by atoms with Gasteiger partial charge in [0, 0.05) is 0 Å². The maximum Gasteiger partial charge on any atom is -0.282 e. The van der Waals surface area contributed by atoms with Gasteiger partial charge < -0.3 is 19.2 Å². The Kier molecular flexibility index (Phi) is 1440. The summed E-state index contributed by atoms with van der Waals surface area (Å²) in [6.45, 7) is 13.0. The predicted molar refractivity (Wildman–Crippen MR) is 44.9 cm³/mol. The Morgan fingerprint density at radius 3 is 0.636 bits per heavy atom. The monoisotopic (exact) mass is 461 g/mol. The normalized spacial score (nSPS) is 3.09. The maximum atomic E-state index is 7.75. The summed E-state index contributed by atoms with van der Waals surface area (Å²) >= 11 is 6.39. The predicted octanol–water partition coefficient (Wildman–Crippen LogP) is 0.592. The van der Waals surface area contributed by atoms with Crippen LogP contribution in [-0.2, 0) is 33.1 Å². The Bertz CT molecular complexity index is 35.3. The Labute approximate surface area is 86.7 Å². The van der Waals surface area contributed by atoms with Gasteiger partial charge in [0.05, 0.1) is 0 Å². The van der Waals surface area contributed by atoms with Crippen molar-refractivity contribution in [3.63, 3.8) is 0 Å². The molecular weight excluding hydrogens is 458 g/mol. The third-order valence-corrected chi connectivity index (χ3v) is 0. The quantitative estimate of drug-likeness (QED) is 0.391. The van der Waals surface area contributed by atoms with E-state index in [2.05, 4.69) is 54.0 Å². The van der Waals surface area contributed by atoms with E-state index in [1.54, 1.807) is 0 Å². The standard InChI is InChI=1S/4CHO.2BrH.Re/c4*1-2;;;/h4*1H;2*1H;/q4*-1;;;+2/p-2. The van der Waals surface area contributed by atoms with Gasteiger partial charge in [-0.2, -0.15) is 0 Å². The van der Waals surface area contributed by atoms with Crippen molar-refractivity contribution in [3.8, 4) is 0 Å². The van der Waals surface area contributed by atoms with Gasteiger partial charge in [-0.05, 0) is 0 Å². The molecule has 0 aliphatic rings. The molecule has 0 bridgehead atoms. The van der Waals surface area contributed by atoms with Gasteiger partial charge in [0.15, 0.2) is 0 Å². The molecule has 11 heavy (non-hydrogen) atoms. The van der Waals surface area contributed by atoms with Crippen LogP contribution in [0.4, 0.5) is 0 Å². The molecule has 0 aromatic heterocycles. The van der Waals surface area contributed by atoms with E-state index in [4.69, 9.17) is 19.2 Å². The molecule has 0 fully saturated rings. The number of halogens is 2. The molecule has 0 amide bonds. The van der Waals surface area contributed by atoms with E-state index >= 15 is 0 Å². The van der Waals surface area contributed by atoms with Crippen LogP contribution in [0.15, 0.2) is 0 Å². The van der Waals surface area contributed by atoms with Crippen LogP contribution in [0, 0.1) is 0 Å². The number of rotatable bonds is 0. The molecule has 0 aliphatic heterocycles. The van der Waals surface area contributed by atoms with Crippen molar-refractivity contribution in [2.45, 2.75) is 0 Å². The van der Waals surface area contributed by atoms with Gasteiger partial charge in [0.25, 0.3) is 0 Å². The summed E-state index contributed by atoms with van der Waals surface area (Å²) in [6, 6.07) is 0. The molecule has 0 unspecified atom stereocenters. The molecular formula is C4H4Br2O4Re-4. The second-order valence-corrected chi connectivity index (χ2v) is 11.9. The Morgan fingerprint density at radius 2 is 0.636 bits per heavy atom. The summed E-state index contributed by atoms with van der Waals surface area (Å²) in [7, 11) is 0. The first-order valence-corrected chi connectivity index (χ1v) is 13.1. The molecule has 7 heteroatoms. The van der Waals surface area contributed by atoms with E-state index in [0.717, 1.165) is 0 Å².